The first-order chi connectivity index (χ1) is 9.97. The fourth-order valence-corrected chi connectivity index (χ4v) is 4.77. The Morgan fingerprint density at radius 1 is 1.14 bits per heavy atom. The predicted molar refractivity (Wildman–Crippen MR) is 91.7 cm³/mol. The smallest absolute Gasteiger partial charge is 0.0342 e. The molecule has 1 aromatic rings. The van der Waals surface area contributed by atoms with Crippen molar-refractivity contribution in [3.8, 4) is 0 Å². The highest BCUT2D eigenvalue weighted by molar-refractivity contribution is 5.46. The minimum atomic E-state index is 0.457. The Morgan fingerprint density at radius 3 is 2.38 bits per heavy atom. The highest BCUT2D eigenvalue weighted by atomic mass is 15.0. The van der Waals surface area contributed by atoms with Gasteiger partial charge in [0.2, 0.25) is 0 Å². The molecule has 3 rings (SSSR count). The molecule has 0 amide bonds. The Bertz CT molecular complexity index is 487. The average Bonchev–Trinajstić information content (AvgIpc) is 2.80. The topological polar surface area (TPSA) is 12.0 Å². The molecular weight excluding hydrogens is 254 g/mol. The standard InChI is InChI=1S/C20H31N/c1-5-6-7-15-8-10-17(11-9-15)21-18-14-16-12-13-20(18,4)19(16,2)3/h8-11,16,18,21H,5-7,12-14H2,1-4H3. The summed E-state index contributed by atoms with van der Waals surface area (Å²) >= 11 is 0. The maximum absolute atomic E-state index is 3.85. The van der Waals surface area contributed by atoms with Gasteiger partial charge in [-0.05, 0) is 66.5 Å². The molecule has 2 bridgehead atoms. The second-order valence-corrected chi connectivity index (χ2v) is 8.11. The zero-order valence-corrected chi connectivity index (χ0v) is 14.2. The second-order valence-electron chi connectivity index (χ2n) is 8.11. The summed E-state index contributed by atoms with van der Waals surface area (Å²) in [4.78, 5) is 0. The molecule has 0 aromatic heterocycles. The van der Waals surface area contributed by atoms with E-state index in [4.69, 9.17) is 0 Å². The molecule has 0 spiro atoms. The summed E-state index contributed by atoms with van der Waals surface area (Å²) in [6.45, 7) is 9.74. The van der Waals surface area contributed by atoms with Gasteiger partial charge >= 0.3 is 0 Å². The number of unbranched alkanes of at least 4 members (excludes halogenated alkanes) is 1. The molecule has 1 aromatic carbocycles. The van der Waals surface area contributed by atoms with E-state index in [1.165, 1.54) is 49.8 Å². The van der Waals surface area contributed by atoms with E-state index in [1.807, 2.05) is 0 Å². The van der Waals surface area contributed by atoms with Gasteiger partial charge < -0.3 is 5.32 Å². The van der Waals surface area contributed by atoms with E-state index in [2.05, 4.69) is 57.3 Å². The van der Waals surface area contributed by atoms with Crippen LogP contribution in [0.25, 0.3) is 0 Å². The van der Waals surface area contributed by atoms with Crippen molar-refractivity contribution >= 4 is 5.69 Å². The Labute approximate surface area is 130 Å². The summed E-state index contributed by atoms with van der Waals surface area (Å²) in [6.07, 6.45) is 7.95. The van der Waals surface area contributed by atoms with Gasteiger partial charge in [0, 0.05) is 11.7 Å². The van der Waals surface area contributed by atoms with Crippen LogP contribution < -0.4 is 5.32 Å². The normalized spacial score (nSPS) is 33.3. The SMILES string of the molecule is CCCCc1ccc(NC2CC3CCC2(C)C3(C)C)cc1. The van der Waals surface area contributed by atoms with Crippen LogP contribution >= 0.6 is 0 Å². The first kappa shape index (κ1) is 14.9. The van der Waals surface area contributed by atoms with E-state index in [0.717, 1.165) is 5.92 Å². The van der Waals surface area contributed by atoms with E-state index in [-0.39, 0.29) is 0 Å². The van der Waals surface area contributed by atoms with Gasteiger partial charge in [-0.2, -0.15) is 0 Å². The fourth-order valence-electron chi connectivity index (χ4n) is 4.77. The van der Waals surface area contributed by atoms with Crippen molar-refractivity contribution in [1.82, 2.24) is 0 Å². The average molecular weight is 285 g/mol. The highest BCUT2D eigenvalue weighted by Crippen LogP contribution is 2.65. The quantitative estimate of drug-likeness (QED) is 0.736. The number of benzene rings is 1. The maximum Gasteiger partial charge on any atom is 0.0342 e. The van der Waals surface area contributed by atoms with Crippen LogP contribution in [-0.2, 0) is 6.42 Å². The molecule has 1 heteroatoms. The summed E-state index contributed by atoms with van der Waals surface area (Å²) < 4.78 is 0. The third-order valence-corrected chi connectivity index (χ3v) is 6.91. The van der Waals surface area contributed by atoms with Crippen molar-refractivity contribution in [2.75, 3.05) is 5.32 Å². The van der Waals surface area contributed by atoms with Crippen LogP contribution in [0.1, 0.15) is 65.4 Å². The van der Waals surface area contributed by atoms with Crippen LogP contribution in [0.3, 0.4) is 0 Å². The Kier molecular flexibility index (Phi) is 3.80. The summed E-state index contributed by atoms with van der Waals surface area (Å²) in [5, 5.41) is 3.85. The number of hydrogen-bond donors (Lipinski definition) is 1. The van der Waals surface area contributed by atoms with E-state index < -0.39 is 0 Å². The van der Waals surface area contributed by atoms with E-state index in [0.29, 0.717) is 16.9 Å². The van der Waals surface area contributed by atoms with Gasteiger partial charge in [-0.15, -0.1) is 0 Å². The first-order valence-electron chi connectivity index (χ1n) is 8.83. The molecule has 0 radical (unpaired) electrons. The minimum Gasteiger partial charge on any atom is -0.382 e. The fraction of sp³-hybridized carbons (Fsp3) is 0.700. The number of aryl methyl sites for hydroxylation is 1. The van der Waals surface area contributed by atoms with Crippen LogP contribution in [0.2, 0.25) is 0 Å². The van der Waals surface area contributed by atoms with Crippen molar-refractivity contribution in [2.45, 2.75) is 72.3 Å². The van der Waals surface area contributed by atoms with Crippen LogP contribution in [0.5, 0.6) is 0 Å². The Morgan fingerprint density at radius 2 is 1.86 bits per heavy atom. The van der Waals surface area contributed by atoms with Gasteiger partial charge in [0.15, 0.2) is 0 Å². The predicted octanol–water partition coefficient (Wildman–Crippen LogP) is 5.66. The lowest BCUT2D eigenvalue weighted by Gasteiger charge is -2.40. The summed E-state index contributed by atoms with van der Waals surface area (Å²) in [7, 11) is 0. The lowest BCUT2D eigenvalue weighted by molar-refractivity contribution is 0.142. The van der Waals surface area contributed by atoms with Crippen molar-refractivity contribution in [2.24, 2.45) is 16.7 Å². The number of rotatable bonds is 5. The van der Waals surface area contributed by atoms with Crippen LogP contribution in [0, 0.1) is 16.7 Å². The number of nitrogens with one attached hydrogen (secondary N) is 1. The third kappa shape index (κ3) is 2.39. The zero-order chi connectivity index (χ0) is 15.1. The molecule has 21 heavy (non-hydrogen) atoms. The summed E-state index contributed by atoms with van der Waals surface area (Å²) in [5.74, 6) is 0.906. The molecule has 0 aliphatic heterocycles. The highest BCUT2D eigenvalue weighted by Gasteiger charge is 2.61. The maximum atomic E-state index is 3.85. The lowest BCUT2D eigenvalue weighted by atomic mass is 9.69. The molecule has 0 saturated heterocycles. The van der Waals surface area contributed by atoms with Gasteiger partial charge in [-0.3, -0.25) is 0 Å². The van der Waals surface area contributed by atoms with Crippen molar-refractivity contribution in [1.29, 1.82) is 0 Å². The van der Waals surface area contributed by atoms with Gasteiger partial charge in [0.1, 0.15) is 0 Å². The summed E-state index contributed by atoms with van der Waals surface area (Å²) in [5.41, 5.74) is 3.73. The molecule has 116 valence electrons. The Balaban J connectivity index is 1.68. The van der Waals surface area contributed by atoms with Gasteiger partial charge in [-0.25, -0.2) is 0 Å². The molecule has 2 saturated carbocycles. The number of hydrogen-bond acceptors (Lipinski definition) is 1. The molecule has 0 heterocycles. The molecule has 1 nitrogen and oxygen atoms in total. The molecular formula is C20H31N. The molecule has 2 fully saturated rings. The van der Waals surface area contributed by atoms with E-state index in [9.17, 15) is 0 Å². The monoisotopic (exact) mass is 285 g/mol. The van der Waals surface area contributed by atoms with Crippen LogP contribution in [0.15, 0.2) is 24.3 Å². The van der Waals surface area contributed by atoms with Crippen molar-refractivity contribution in [3.63, 3.8) is 0 Å². The van der Waals surface area contributed by atoms with E-state index in [1.54, 1.807) is 0 Å². The largest absolute Gasteiger partial charge is 0.382 e. The third-order valence-electron chi connectivity index (χ3n) is 6.91. The van der Waals surface area contributed by atoms with Crippen molar-refractivity contribution < 1.29 is 0 Å². The number of anilines is 1. The first-order valence-corrected chi connectivity index (χ1v) is 8.83. The zero-order valence-electron chi connectivity index (χ0n) is 14.2. The lowest BCUT2D eigenvalue weighted by Crippen LogP contribution is -2.40. The van der Waals surface area contributed by atoms with Gasteiger partial charge in [0.25, 0.3) is 0 Å². The van der Waals surface area contributed by atoms with Crippen LogP contribution in [-0.4, -0.2) is 6.04 Å². The van der Waals surface area contributed by atoms with E-state index >= 15 is 0 Å². The van der Waals surface area contributed by atoms with Gasteiger partial charge in [0.05, 0.1) is 0 Å². The molecule has 2 aliphatic carbocycles. The van der Waals surface area contributed by atoms with Crippen molar-refractivity contribution in [3.05, 3.63) is 29.8 Å². The summed E-state index contributed by atoms with van der Waals surface area (Å²) in [6, 6.07) is 9.82. The molecule has 3 atom stereocenters. The van der Waals surface area contributed by atoms with Crippen LogP contribution in [0.4, 0.5) is 5.69 Å². The van der Waals surface area contributed by atoms with Gasteiger partial charge in [-0.1, -0.05) is 46.2 Å². The molecule has 2 aliphatic rings. The molecule has 3 unspecified atom stereocenters. The molecule has 1 N–H and O–H groups in total. The minimum absolute atomic E-state index is 0.457. The second kappa shape index (κ2) is 5.34. The Hall–Kier alpha value is -0.980. The number of fused-ring (bicyclic) bond motifs is 2.